The molecule has 1 N–H and O–H groups in total. The van der Waals surface area contributed by atoms with E-state index in [1.54, 1.807) is 0 Å². The van der Waals surface area contributed by atoms with Crippen LogP contribution in [-0.2, 0) is 0 Å². The van der Waals surface area contributed by atoms with Crippen molar-refractivity contribution in [1.29, 1.82) is 0 Å². The summed E-state index contributed by atoms with van der Waals surface area (Å²) in [5.41, 5.74) is 3.42. The molecule has 0 atom stereocenters. The number of halogens is 2. The Bertz CT molecular complexity index is 606. The molecule has 20 heavy (non-hydrogen) atoms. The van der Waals surface area contributed by atoms with Crippen LogP contribution in [0.15, 0.2) is 41.1 Å². The minimum Gasteiger partial charge on any atom is -0.381 e. The van der Waals surface area contributed by atoms with Gasteiger partial charge < -0.3 is 5.32 Å². The summed E-state index contributed by atoms with van der Waals surface area (Å²) in [6, 6.07) is 9.44. The molecule has 0 saturated heterocycles. The summed E-state index contributed by atoms with van der Waals surface area (Å²) in [5.74, 6) is 0.372. The van der Waals surface area contributed by atoms with Gasteiger partial charge in [0, 0.05) is 6.04 Å². The third-order valence-electron chi connectivity index (χ3n) is 3.86. The van der Waals surface area contributed by atoms with E-state index in [0.717, 1.165) is 28.7 Å². The molecular formula is C16H16BrFN2. The van der Waals surface area contributed by atoms with Crippen LogP contribution in [0, 0.1) is 12.7 Å². The highest BCUT2D eigenvalue weighted by Crippen LogP contribution is 2.38. The summed E-state index contributed by atoms with van der Waals surface area (Å²) < 4.78 is 13.8. The number of aromatic nitrogens is 1. The van der Waals surface area contributed by atoms with Crippen LogP contribution in [-0.4, -0.2) is 11.0 Å². The van der Waals surface area contributed by atoms with E-state index in [9.17, 15) is 4.39 Å². The largest absolute Gasteiger partial charge is 0.381 e. The molecule has 0 radical (unpaired) electrons. The summed E-state index contributed by atoms with van der Waals surface area (Å²) in [7, 11) is 0. The zero-order valence-corrected chi connectivity index (χ0v) is 12.8. The molecule has 1 saturated carbocycles. The number of hydrogen-bond donors (Lipinski definition) is 1. The van der Waals surface area contributed by atoms with E-state index >= 15 is 0 Å². The average Bonchev–Trinajstić information content (AvgIpc) is 2.39. The van der Waals surface area contributed by atoms with Crippen LogP contribution in [0.5, 0.6) is 0 Å². The Morgan fingerprint density at radius 1 is 1.25 bits per heavy atom. The lowest BCUT2D eigenvalue weighted by molar-refractivity contribution is 0.374. The zero-order chi connectivity index (χ0) is 14.1. The van der Waals surface area contributed by atoms with Gasteiger partial charge in [-0.1, -0.05) is 12.1 Å². The van der Waals surface area contributed by atoms with E-state index in [0.29, 0.717) is 12.0 Å². The lowest BCUT2D eigenvalue weighted by Crippen LogP contribution is -2.34. The van der Waals surface area contributed by atoms with Crippen LogP contribution < -0.4 is 5.32 Å². The van der Waals surface area contributed by atoms with Gasteiger partial charge in [0.2, 0.25) is 0 Å². The van der Waals surface area contributed by atoms with Crippen molar-refractivity contribution in [1.82, 2.24) is 4.98 Å². The van der Waals surface area contributed by atoms with E-state index in [1.165, 1.54) is 17.7 Å². The first-order valence-corrected chi connectivity index (χ1v) is 7.55. The van der Waals surface area contributed by atoms with Gasteiger partial charge in [0.25, 0.3) is 0 Å². The lowest BCUT2D eigenvalue weighted by atomic mass is 9.76. The molecule has 1 aromatic carbocycles. The molecule has 1 heterocycles. The molecule has 2 nitrogen and oxygen atoms in total. The fraction of sp³-hybridized carbons (Fsp3) is 0.312. The van der Waals surface area contributed by atoms with E-state index < -0.39 is 0 Å². The molecule has 4 heteroatoms. The third-order valence-corrected chi connectivity index (χ3v) is 4.69. The number of nitrogens with one attached hydrogen (secondary N) is 1. The number of nitrogens with zero attached hydrogens (tertiary/aromatic N) is 1. The van der Waals surface area contributed by atoms with Crippen LogP contribution >= 0.6 is 15.9 Å². The molecule has 2 aromatic rings. The molecule has 0 amide bonds. The van der Waals surface area contributed by atoms with Crippen molar-refractivity contribution in [3.8, 4) is 0 Å². The SMILES string of the molecule is Cc1cc(NC2CC(c3ccc(F)cc3)C2)cnc1Br. The van der Waals surface area contributed by atoms with Crippen molar-refractivity contribution < 1.29 is 4.39 Å². The predicted molar refractivity (Wildman–Crippen MR) is 82.5 cm³/mol. The summed E-state index contributed by atoms with van der Waals surface area (Å²) in [6.45, 7) is 2.03. The van der Waals surface area contributed by atoms with Crippen molar-refractivity contribution in [2.45, 2.75) is 31.7 Å². The highest BCUT2D eigenvalue weighted by atomic mass is 79.9. The Balaban J connectivity index is 1.58. The van der Waals surface area contributed by atoms with E-state index in [2.05, 4.69) is 32.3 Å². The minimum absolute atomic E-state index is 0.167. The van der Waals surface area contributed by atoms with Gasteiger partial charge >= 0.3 is 0 Å². The average molecular weight is 335 g/mol. The lowest BCUT2D eigenvalue weighted by Gasteiger charge is -2.36. The summed E-state index contributed by atoms with van der Waals surface area (Å²) in [5, 5.41) is 3.50. The molecule has 104 valence electrons. The van der Waals surface area contributed by atoms with E-state index in [-0.39, 0.29) is 5.82 Å². The standard InChI is InChI=1S/C16H16BrFN2/c1-10-6-15(9-19-16(10)17)20-14-7-12(8-14)11-2-4-13(18)5-3-11/h2-6,9,12,14,20H,7-8H2,1H3. The Labute approximate surface area is 126 Å². The molecule has 1 aromatic heterocycles. The zero-order valence-electron chi connectivity index (χ0n) is 11.2. The normalized spacial score (nSPS) is 21.4. The third kappa shape index (κ3) is 2.85. The van der Waals surface area contributed by atoms with Crippen LogP contribution in [0.3, 0.4) is 0 Å². The van der Waals surface area contributed by atoms with E-state index in [1.807, 2.05) is 25.3 Å². The number of benzene rings is 1. The first kappa shape index (κ1) is 13.6. The molecular weight excluding hydrogens is 319 g/mol. The summed E-state index contributed by atoms with van der Waals surface area (Å²) in [4.78, 5) is 4.29. The second-order valence-corrected chi connectivity index (χ2v) is 6.14. The monoisotopic (exact) mass is 334 g/mol. The number of pyridine rings is 1. The molecule has 1 aliphatic carbocycles. The van der Waals surface area contributed by atoms with Crippen LogP contribution in [0.25, 0.3) is 0 Å². The molecule has 0 bridgehead atoms. The van der Waals surface area contributed by atoms with Crippen molar-refractivity contribution >= 4 is 21.6 Å². The summed E-state index contributed by atoms with van der Waals surface area (Å²) >= 11 is 3.40. The van der Waals surface area contributed by atoms with Crippen LogP contribution in [0.4, 0.5) is 10.1 Å². The van der Waals surface area contributed by atoms with Gasteiger partial charge in [-0.2, -0.15) is 0 Å². The maximum atomic E-state index is 12.9. The van der Waals surface area contributed by atoms with Gasteiger partial charge in [-0.25, -0.2) is 9.37 Å². The Kier molecular flexibility index (Phi) is 3.74. The second-order valence-electron chi connectivity index (χ2n) is 5.39. The van der Waals surface area contributed by atoms with Crippen LogP contribution in [0.2, 0.25) is 0 Å². The van der Waals surface area contributed by atoms with Crippen molar-refractivity contribution in [3.05, 3.63) is 58.1 Å². The van der Waals surface area contributed by atoms with Gasteiger partial charge in [-0.05, 0) is 70.9 Å². The number of anilines is 1. The van der Waals surface area contributed by atoms with E-state index in [4.69, 9.17) is 0 Å². The highest BCUT2D eigenvalue weighted by Gasteiger charge is 2.30. The van der Waals surface area contributed by atoms with Gasteiger partial charge in [-0.15, -0.1) is 0 Å². The highest BCUT2D eigenvalue weighted by molar-refractivity contribution is 9.10. The van der Waals surface area contributed by atoms with Gasteiger partial charge in [0.1, 0.15) is 10.4 Å². The predicted octanol–water partition coefficient (Wildman–Crippen LogP) is 4.65. The molecule has 1 aliphatic rings. The first-order valence-electron chi connectivity index (χ1n) is 6.76. The Morgan fingerprint density at radius 3 is 2.60 bits per heavy atom. The molecule has 3 rings (SSSR count). The summed E-state index contributed by atoms with van der Waals surface area (Å²) in [6.07, 6.45) is 4.02. The van der Waals surface area contributed by atoms with Gasteiger partial charge in [0.05, 0.1) is 11.9 Å². The quantitative estimate of drug-likeness (QED) is 0.826. The van der Waals surface area contributed by atoms with Crippen molar-refractivity contribution in [3.63, 3.8) is 0 Å². The van der Waals surface area contributed by atoms with Crippen molar-refractivity contribution in [2.75, 3.05) is 5.32 Å². The van der Waals surface area contributed by atoms with Crippen LogP contribution in [0.1, 0.15) is 29.9 Å². The second kappa shape index (κ2) is 5.52. The molecule has 0 aliphatic heterocycles. The topological polar surface area (TPSA) is 24.9 Å². The number of rotatable bonds is 3. The smallest absolute Gasteiger partial charge is 0.123 e. The Morgan fingerprint density at radius 2 is 1.95 bits per heavy atom. The van der Waals surface area contributed by atoms with Crippen molar-refractivity contribution in [2.24, 2.45) is 0 Å². The molecule has 1 fully saturated rings. The fourth-order valence-corrected chi connectivity index (χ4v) is 2.83. The first-order chi connectivity index (χ1) is 9.61. The minimum atomic E-state index is -0.167. The molecule has 0 unspecified atom stereocenters. The number of aryl methyl sites for hydroxylation is 1. The Hall–Kier alpha value is -1.42. The molecule has 0 spiro atoms. The van der Waals surface area contributed by atoms with Gasteiger partial charge in [-0.3, -0.25) is 0 Å². The number of hydrogen-bond acceptors (Lipinski definition) is 2. The maximum absolute atomic E-state index is 12.9. The fourth-order valence-electron chi connectivity index (χ4n) is 2.62. The van der Waals surface area contributed by atoms with Gasteiger partial charge in [0.15, 0.2) is 0 Å². The maximum Gasteiger partial charge on any atom is 0.123 e.